The third-order valence-corrected chi connectivity index (χ3v) is 2.77. The Hall–Kier alpha value is -1.39. The molecule has 4 heteroatoms. The molecule has 0 saturated carbocycles. The number of aliphatic hydroxyl groups is 2. The molecule has 94 valence electrons. The molecule has 4 nitrogen and oxygen atoms in total. The van der Waals surface area contributed by atoms with Gasteiger partial charge in [-0.15, -0.1) is 0 Å². The van der Waals surface area contributed by atoms with Gasteiger partial charge < -0.3 is 15.3 Å². The highest BCUT2D eigenvalue weighted by molar-refractivity contribution is 5.90. The minimum atomic E-state index is -1.09. The van der Waals surface area contributed by atoms with E-state index in [2.05, 4.69) is 0 Å². The van der Waals surface area contributed by atoms with Crippen LogP contribution in [0.1, 0.15) is 47.0 Å². The zero-order valence-electron chi connectivity index (χ0n) is 10.3. The van der Waals surface area contributed by atoms with Crippen LogP contribution in [0.2, 0.25) is 0 Å². The Labute approximate surface area is 101 Å². The largest absolute Gasteiger partial charge is 0.478 e. The van der Waals surface area contributed by atoms with E-state index in [1.807, 2.05) is 13.8 Å². The highest BCUT2D eigenvalue weighted by atomic mass is 16.4. The Morgan fingerprint density at radius 2 is 1.94 bits per heavy atom. The van der Waals surface area contributed by atoms with E-state index in [1.54, 1.807) is 13.0 Å². The van der Waals surface area contributed by atoms with Crippen LogP contribution in [0.3, 0.4) is 0 Å². The van der Waals surface area contributed by atoms with Crippen molar-refractivity contribution in [3.8, 4) is 0 Å². The van der Waals surface area contributed by atoms with Crippen LogP contribution in [0.15, 0.2) is 12.1 Å². The maximum atomic E-state index is 11.1. The van der Waals surface area contributed by atoms with Crippen molar-refractivity contribution in [3.05, 3.63) is 34.4 Å². The van der Waals surface area contributed by atoms with E-state index in [1.165, 1.54) is 6.07 Å². The Morgan fingerprint density at radius 3 is 2.35 bits per heavy atom. The summed E-state index contributed by atoms with van der Waals surface area (Å²) in [5, 5.41) is 28.4. The molecule has 17 heavy (non-hydrogen) atoms. The van der Waals surface area contributed by atoms with E-state index in [4.69, 9.17) is 5.11 Å². The number of benzene rings is 1. The fraction of sp³-hybridized carbons (Fsp3) is 0.462. The predicted molar refractivity (Wildman–Crippen MR) is 63.9 cm³/mol. The lowest BCUT2D eigenvalue weighted by atomic mass is 9.90. The zero-order valence-corrected chi connectivity index (χ0v) is 10.3. The molecule has 1 aromatic rings. The van der Waals surface area contributed by atoms with Gasteiger partial charge in [-0.3, -0.25) is 0 Å². The highest BCUT2D eigenvalue weighted by Crippen LogP contribution is 2.28. The van der Waals surface area contributed by atoms with Crippen LogP contribution < -0.4 is 0 Å². The summed E-state index contributed by atoms with van der Waals surface area (Å²) in [4.78, 5) is 11.1. The quantitative estimate of drug-likeness (QED) is 0.748. The molecule has 0 aliphatic carbocycles. The van der Waals surface area contributed by atoms with Crippen LogP contribution in [-0.2, 0) is 6.61 Å². The summed E-state index contributed by atoms with van der Waals surface area (Å²) in [7, 11) is 0. The zero-order chi connectivity index (χ0) is 13.2. The highest BCUT2D eigenvalue weighted by Gasteiger charge is 2.21. The van der Waals surface area contributed by atoms with Gasteiger partial charge in [0.2, 0.25) is 0 Å². The molecule has 0 aliphatic rings. The lowest BCUT2D eigenvalue weighted by Crippen LogP contribution is -2.13. The summed E-state index contributed by atoms with van der Waals surface area (Å²) in [5.41, 5.74) is 1.61. The van der Waals surface area contributed by atoms with Gasteiger partial charge in [0.1, 0.15) is 0 Å². The molecule has 0 heterocycles. The number of aryl methyl sites for hydroxylation is 1. The number of carboxylic acid groups (broad SMARTS) is 1. The number of aliphatic hydroxyl groups excluding tert-OH is 2. The molecule has 1 atom stereocenters. The van der Waals surface area contributed by atoms with Gasteiger partial charge in [0.25, 0.3) is 0 Å². The van der Waals surface area contributed by atoms with Crippen molar-refractivity contribution in [1.29, 1.82) is 0 Å². The summed E-state index contributed by atoms with van der Waals surface area (Å²) in [5.74, 6) is -1.13. The number of rotatable bonds is 4. The van der Waals surface area contributed by atoms with Gasteiger partial charge in [-0.25, -0.2) is 4.79 Å². The second-order valence-corrected chi connectivity index (χ2v) is 4.53. The smallest absolute Gasteiger partial charge is 0.336 e. The predicted octanol–water partition coefficient (Wildman–Crippen LogP) is 1.87. The molecule has 3 N–H and O–H groups in total. The van der Waals surface area contributed by atoms with Crippen LogP contribution in [0.25, 0.3) is 0 Å². The van der Waals surface area contributed by atoms with Gasteiger partial charge in [0.15, 0.2) is 0 Å². The molecule has 0 saturated heterocycles. The van der Waals surface area contributed by atoms with E-state index < -0.39 is 12.1 Å². The number of aromatic carboxylic acids is 1. The van der Waals surface area contributed by atoms with Crippen LogP contribution >= 0.6 is 0 Å². The maximum Gasteiger partial charge on any atom is 0.336 e. The van der Waals surface area contributed by atoms with E-state index in [-0.39, 0.29) is 18.1 Å². The monoisotopic (exact) mass is 238 g/mol. The first-order valence-corrected chi connectivity index (χ1v) is 5.54. The molecule has 0 bridgehead atoms. The Balaban J connectivity index is 3.43. The number of carboxylic acids is 1. The van der Waals surface area contributed by atoms with E-state index in [9.17, 15) is 15.0 Å². The molecular weight excluding hydrogens is 220 g/mol. The van der Waals surface area contributed by atoms with Crippen molar-refractivity contribution >= 4 is 5.97 Å². The van der Waals surface area contributed by atoms with Crippen molar-refractivity contribution in [2.24, 2.45) is 5.92 Å². The fourth-order valence-corrected chi connectivity index (χ4v) is 1.83. The molecule has 0 amide bonds. The Kier molecular flexibility index (Phi) is 4.26. The molecule has 0 fully saturated rings. The van der Waals surface area contributed by atoms with Gasteiger partial charge in [-0.1, -0.05) is 19.9 Å². The Morgan fingerprint density at radius 1 is 1.35 bits per heavy atom. The average molecular weight is 238 g/mol. The van der Waals surface area contributed by atoms with Gasteiger partial charge >= 0.3 is 5.97 Å². The van der Waals surface area contributed by atoms with Crippen LogP contribution in [0.4, 0.5) is 0 Å². The summed E-state index contributed by atoms with van der Waals surface area (Å²) < 4.78 is 0. The van der Waals surface area contributed by atoms with E-state index >= 15 is 0 Å². The van der Waals surface area contributed by atoms with Gasteiger partial charge in [0.05, 0.1) is 18.3 Å². The molecule has 0 spiro atoms. The lowest BCUT2D eigenvalue weighted by molar-refractivity contribution is 0.0691. The minimum Gasteiger partial charge on any atom is -0.478 e. The van der Waals surface area contributed by atoms with Crippen molar-refractivity contribution in [2.45, 2.75) is 33.5 Å². The van der Waals surface area contributed by atoms with Crippen LogP contribution in [0, 0.1) is 12.8 Å². The SMILES string of the molecule is Cc1cc(C(=O)O)c(CO)c(C(O)C(C)C)c1. The van der Waals surface area contributed by atoms with Gasteiger partial charge in [0, 0.05) is 0 Å². The summed E-state index contributed by atoms with van der Waals surface area (Å²) >= 11 is 0. The third-order valence-electron chi connectivity index (χ3n) is 2.77. The van der Waals surface area contributed by atoms with Crippen molar-refractivity contribution in [1.82, 2.24) is 0 Å². The first-order valence-electron chi connectivity index (χ1n) is 5.54. The molecule has 0 radical (unpaired) electrons. The fourth-order valence-electron chi connectivity index (χ4n) is 1.83. The topological polar surface area (TPSA) is 77.8 Å². The number of carbonyl (C=O) groups is 1. The first-order chi connectivity index (χ1) is 7.88. The Bertz CT molecular complexity index is 424. The van der Waals surface area contributed by atoms with E-state index in [0.717, 1.165) is 5.56 Å². The van der Waals surface area contributed by atoms with Crippen molar-refractivity contribution < 1.29 is 20.1 Å². The second kappa shape index (κ2) is 5.29. The van der Waals surface area contributed by atoms with Gasteiger partial charge in [-0.2, -0.15) is 0 Å². The van der Waals surface area contributed by atoms with Gasteiger partial charge in [-0.05, 0) is 35.6 Å². The van der Waals surface area contributed by atoms with Crippen LogP contribution in [-0.4, -0.2) is 21.3 Å². The minimum absolute atomic E-state index is 0.0382. The normalized spacial score (nSPS) is 12.8. The summed E-state index contributed by atoms with van der Waals surface area (Å²) in [6, 6.07) is 3.23. The first kappa shape index (κ1) is 13.7. The number of hydrogen-bond donors (Lipinski definition) is 3. The molecule has 0 aliphatic heterocycles. The maximum absolute atomic E-state index is 11.1. The average Bonchev–Trinajstić information content (AvgIpc) is 2.26. The summed E-state index contributed by atoms with van der Waals surface area (Å²) in [6.07, 6.45) is -0.768. The van der Waals surface area contributed by atoms with Crippen molar-refractivity contribution in [3.63, 3.8) is 0 Å². The van der Waals surface area contributed by atoms with E-state index in [0.29, 0.717) is 11.1 Å². The molecule has 1 aromatic carbocycles. The molecule has 1 rings (SSSR count). The van der Waals surface area contributed by atoms with Crippen molar-refractivity contribution in [2.75, 3.05) is 0 Å². The molecular formula is C13H18O4. The van der Waals surface area contributed by atoms with Crippen LogP contribution in [0.5, 0.6) is 0 Å². The molecule has 0 aromatic heterocycles. The standard InChI is InChI=1S/C13H18O4/c1-7(2)12(15)9-4-8(3)5-10(13(16)17)11(9)6-14/h4-5,7,12,14-15H,6H2,1-3H3,(H,16,17). The second-order valence-electron chi connectivity index (χ2n) is 4.53. The third kappa shape index (κ3) is 2.84. The lowest BCUT2D eigenvalue weighted by Gasteiger charge is -2.20. The number of hydrogen-bond acceptors (Lipinski definition) is 3. The molecule has 1 unspecified atom stereocenters. The summed E-state index contributed by atoms with van der Waals surface area (Å²) in [6.45, 7) is 5.06.